The molecule has 0 bridgehead atoms. The second kappa shape index (κ2) is 6.46. The van der Waals surface area contributed by atoms with Gasteiger partial charge in [-0.05, 0) is 27.7 Å². The molecule has 0 unspecified atom stereocenters. The Bertz CT molecular complexity index is 607. The van der Waals surface area contributed by atoms with Gasteiger partial charge in [0.1, 0.15) is 23.9 Å². The van der Waals surface area contributed by atoms with Crippen molar-refractivity contribution in [3.8, 4) is 0 Å². The van der Waals surface area contributed by atoms with Gasteiger partial charge < -0.3 is 29.0 Å². The molecule has 26 heavy (non-hydrogen) atoms. The molecule has 3 aliphatic rings. The van der Waals surface area contributed by atoms with E-state index in [0.29, 0.717) is 0 Å². The summed E-state index contributed by atoms with van der Waals surface area (Å²) in [4.78, 5) is 12.4. The fourth-order valence-electron chi connectivity index (χ4n) is 3.52. The minimum absolute atomic E-state index is 0.250. The van der Waals surface area contributed by atoms with Crippen molar-refractivity contribution in [1.82, 2.24) is 5.32 Å². The van der Waals surface area contributed by atoms with Crippen LogP contribution in [0, 0.1) is 0 Å². The van der Waals surface area contributed by atoms with E-state index >= 15 is 0 Å². The lowest BCUT2D eigenvalue weighted by molar-refractivity contribution is -0.228. The van der Waals surface area contributed by atoms with E-state index in [0.717, 1.165) is 0 Å². The maximum Gasteiger partial charge on any atom is 0.273 e. The summed E-state index contributed by atoms with van der Waals surface area (Å²) in [7, 11) is 0. The molecule has 1 N–H and O–H groups in total. The van der Waals surface area contributed by atoms with Gasteiger partial charge in [-0.1, -0.05) is 40.9 Å². The number of hydrogen-bond donors (Lipinski definition) is 1. The van der Waals surface area contributed by atoms with Crippen LogP contribution in [0.25, 0.3) is 0 Å². The third-order valence-electron chi connectivity index (χ3n) is 4.57. The van der Waals surface area contributed by atoms with Crippen LogP contribution in [-0.4, -0.2) is 58.0 Å². The van der Waals surface area contributed by atoms with Crippen LogP contribution in [-0.2, 0) is 28.5 Å². The molecule has 5 atom stereocenters. The standard InChI is InChI=1S/C16H22Cl3NO6/c1-6-15(20-12(21)16(17,18)19)9(8-7-22-13(2,3)24-8)23-11-10(15)25-14(4,5)26-11/h6,8-11H,1,7H2,2-5H3,(H,20,21)/t8-,9-,10+,11+,15+/m1/s1. The number of amides is 1. The van der Waals surface area contributed by atoms with Crippen molar-refractivity contribution in [2.45, 2.75) is 73.2 Å². The van der Waals surface area contributed by atoms with Crippen molar-refractivity contribution >= 4 is 40.7 Å². The number of ether oxygens (including phenoxy) is 5. The highest BCUT2D eigenvalue weighted by atomic mass is 35.6. The molecule has 0 aromatic rings. The van der Waals surface area contributed by atoms with Gasteiger partial charge in [-0.25, -0.2) is 0 Å². The molecule has 0 aliphatic carbocycles. The molecule has 10 heteroatoms. The second-order valence-electron chi connectivity index (χ2n) is 7.44. The quantitative estimate of drug-likeness (QED) is 0.547. The molecule has 0 radical (unpaired) electrons. The molecule has 0 spiro atoms. The summed E-state index contributed by atoms with van der Waals surface area (Å²) in [5.41, 5.74) is -1.24. The Kier molecular flexibility index (Phi) is 5.12. The maximum absolute atomic E-state index is 12.4. The highest BCUT2D eigenvalue weighted by Gasteiger charge is 2.66. The SMILES string of the molecule is C=C[C@]1(NC(=O)C(Cl)(Cl)Cl)[C@@H]([C@H]2COC(C)(C)O2)O[C@H]2OC(C)(C)O[C@@H]21. The predicted octanol–water partition coefficient (Wildman–Crippen LogP) is 2.43. The van der Waals surface area contributed by atoms with Crippen molar-refractivity contribution in [2.24, 2.45) is 0 Å². The first-order valence-electron chi connectivity index (χ1n) is 8.15. The maximum atomic E-state index is 12.4. The van der Waals surface area contributed by atoms with Gasteiger partial charge in [0.25, 0.3) is 9.70 Å². The van der Waals surface area contributed by atoms with Gasteiger partial charge in [0.2, 0.25) is 0 Å². The van der Waals surface area contributed by atoms with E-state index in [1.807, 2.05) is 0 Å². The summed E-state index contributed by atoms with van der Waals surface area (Å²) in [6.45, 7) is 11.2. The summed E-state index contributed by atoms with van der Waals surface area (Å²) in [5.74, 6) is -2.53. The number of nitrogens with one attached hydrogen (secondary N) is 1. The Labute approximate surface area is 167 Å². The van der Waals surface area contributed by atoms with E-state index in [1.54, 1.807) is 27.7 Å². The Hall–Kier alpha value is -0.120. The zero-order valence-corrected chi connectivity index (χ0v) is 17.2. The van der Waals surface area contributed by atoms with E-state index in [9.17, 15) is 4.79 Å². The molecule has 3 saturated heterocycles. The lowest BCUT2D eigenvalue weighted by atomic mass is 9.85. The van der Waals surface area contributed by atoms with Gasteiger partial charge in [0.15, 0.2) is 17.9 Å². The molecule has 3 rings (SSSR count). The fraction of sp³-hybridized carbons (Fsp3) is 0.812. The van der Waals surface area contributed by atoms with Gasteiger partial charge in [-0.3, -0.25) is 4.79 Å². The minimum Gasteiger partial charge on any atom is -0.348 e. The van der Waals surface area contributed by atoms with Crippen LogP contribution < -0.4 is 5.32 Å². The van der Waals surface area contributed by atoms with Gasteiger partial charge in [-0.2, -0.15) is 0 Å². The highest BCUT2D eigenvalue weighted by molar-refractivity contribution is 6.76. The number of fused-ring (bicyclic) bond motifs is 1. The van der Waals surface area contributed by atoms with Crippen molar-refractivity contribution in [3.63, 3.8) is 0 Å². The largest absolute Gasteiger partial charge is 0.348 e. The Balaban J connectivity index is 1.95. The van der Waals surface area contributed by atoms with Gasteiger partial charge >= 0.3 is 0 Å². The molecule has 1 amide bonds. The van der Waals surface area contributed by atoms with Crippen LogP contribution in [0.1, 0.15) is 27.7 Å². The third kappa shape index (κ3) is 3.61. The Morgan fingerprint density at radius 1 is 1.12 bits per heavy atom. The highest BCUT2D eigenvalue weighted by Crippen LogP contribution is 2.47. The molecule has 0 aromatic heterocycles. The number of carbonyl (C=O) groups excluding carboxylic acids is 1. The first-order valence-corrected chi connectivity index (χ1v) is 9.29. The summed E-state index contributed by atoms with van der Waals surface area (Å²) in [6.07, 6.45) is -1.18. The molecule has 3 fully saturated rings. The summed E-state index contributed by atoms with van der Waals surface area (Å²) >= 11 is 17.2. The number of alkyl halides is 3. The Morgan fingerprint density at radius 2 is 1.77 bits per heavy atom. The molecular formula is C16H22Cl3NO6. The van der Waals surface area contributed by atoms with Crippen LogP contribution in [0.15, 0.2) is 12.7 Å². The van der Waals surface area contributed by atoms with E-state index < -0.39 is 51.4 Å². The molecule has 7 nitrogen and oxygen atoms in total. The first kappa shape index (κ1) is 20.6. The number of rotatable bonds is 3. The topological polar surface area (TPSA) is 75.3 Å². The van der Waals surface area contributed by atoms with Crippen LogP contribution in [0.4, 0.5) is 0 Å². The monoisotopic (exact) mass is 429 g/mol. The molecule has 0 aromatic carbocycles. The summed E-state index contributed by atoms with van der Waals surface area (Å²) < 4.78 is 27.2. The van der Waals surface area contributed by atoms with Crippen LogP contribution in [0.5, 0.6) is 0 Å². The zero-order valence-electron chi connectivity index (χ0n) is 14.9. The van der Waals surface area contributed by atoms with Crippen molar-refractivity contribution < 1.29 is 28.5 Å². The van der Waals surface area contributed by atoms with E-state index in [1.165, 1.54) is 6.08 Å². The Morgan fingerprint density at radius 3 is 2.27 bits per heavy atom. The normalized spacial score (nSPS) is 41.0. The fourth-order valence-corrected chi connectivity index (χ4v) is 3.67. The average Bonchev–Trinajstić information content (AvgIpc) is 3.08. The van der Waals surface area contributed by atoms with Crippen LogP contribution >= 0.6 is 34.8 Å². The van der Waals surface area contributed by atoms with E-state index in [-0.39, 0.29) is 6.61 Å². The average molecular weight is 431 g/mol. The van der Waals surface area contributed by atoms with E-state index in [2.05, 4.69) is 11.9 Å². The molecule has 0 saturated carbocycles. The predicted molar refractivity (Wildman–Crippen MR) is 95.0 cm³/mol. The van der Waals surface area contributed by atoms with Crippen molar-refractivity contribution in [1.29, 1.82) is 0 Å². The van der Waals surface area contributed by atoms with Crippen LogP contribution in [0.3, 0.4) is 0 Å². The summed E-state index contributed by atoms with van der Waals surface area (Å²) in [5, 5.41) is 2.73. The molecular weight excluding hydrogens is 409 g/mol. The molecule has 148 valence electrons. The molecule has 3 aliphatic heterocycles. The minimum atomic E-state index is -2.17. The lowest BCUT2D eigenvalue weighted by Crippen LogP contribution is -2.64. The smallest absolute Gasteiger partial charge is 0.273 e. The van der Waals surface area contributed by atoms with Crippen molar-refractivity contribution in [3.05, 3.63) is 12.7 Å². The van der Waals surface area contributed by atoms with Gasteiger partial charge in [0.05, 0.1) is 6.61 Å². The van der Waals surface area contributed by atoms with Crippen LogP contribution in [0.2, 0.25) is 0 Å². The van der Waals surface area contributed by atoms with Crippen molar-refractivity contribution in [2.75, 3.05) is 6.61 Å². The van der Waals surface area contributed by atoms with Gasteiger partial charge in [-0.15, -0.1) is 6.58 Å². The second-order valence-corrected chi connectivity index (χ2v) is 9.72. The third-order valence-corrected chi connectivity index (χ3v) is 5.09. The number of carbonyl (C=O) groups is 1. The van der Waals surface area contributed by atoms with E-state index in [4.69, 9.17) is 58.5 Å². The number of halogens is 3. The first-order chi connectivity index (χ1) is 11.8. The lowest BCUT2D eigenvalue weighted by Gasteiger charge is -2.39. The van der Waals surface area contributed by atoms with Gasteiger partial charge in [0, 0.05) is 0 Å². The zero-order chi connectivity index (χ0) is 19.5. The summed E-state index contributed by atoms with van der Waals surface area (Å²) in [6, 6.07) is 0. The molecule has 3 heterocycles. The number of hydrogen-bond acceptors (Lipinski definition) is 6.